The fraction of sp³-hybridized carbons (Fsp3) is 0.250. The summed E-state index contributed by atoms with van der Waals surface area (Å²) in [5.41, 5.74) is 3.15. The number of benzene rings is 1. The first kappa shape index (κ1) is 17.0. The molecule has 0 spiro atoms. The first-order valence-electron chi connectivity index (χ1n) is 8.44. The van der Waals surface area contributed by atoms with Gasteiger partial charge >= 0.3 is 0 Å². The number of hydrogen-bond donors (Lipinski definition) is 1. The number of nitrogens with zero attached hydrogens (tertiary/aromatic N) is 3. The summed E-state index contributed by atoms with van der Waals surface area (Å²) < 4.78 is 6.00. The van der Waals surface area contributed by atoms with Gasteiger partial charge in [0.05, 0.1) is 0 Å². The number of para-hydroxylation sites is 1. The van der Waals surface area contributed by atoms with Crippen LogP contribution in [0, 0.1) is 6.92 Å². The molecule has 0 atom stereocenters. The third kappa shape index (κ3) is 4.61. The molecule has 0 saturated carbocycles. The van der Waals surface area contributed by atoms with Crippen molar-refractivity contribution in [2.24, 2.45) is 0 Å². The second-order valence-electron chi connectivity index (χ2n) is 5.80. The fourth-order valence-corrected chi connectivity index (χ4v) is 2.42. The van der Waals surface area contributed by atoms with Gasteiger partial charge in [0, 0.05) is 49.2 Å². The molecule has 0 bridgehead atoms. The van der Waals surface area contributed by atoms with Gasteiger partial charge in [-0.3, -0.25) is 0 Å². The molecule has 1 aromatic carbocycles. The molecule has 0 amide bonds. The largest absolute Gasteiger partial charge is 0.438 e. The van der Waals surface area contributed by atoms with Crippen molar-refractivity contribution in [3.8, 4) is 11.6 Å². The monoisotopic (exact) mass is 334 g/mol. The number of aryl methyl sites for hydroxylation is 2. The van der Waals surface area contributed by atoms with Crippen molar-refractivity contribution in [1.82, 2.24) is 20.3 Å². The maximum absolute atomic E-state index is 6.00. The number of rotatable bonds is 7. The highest BCUT2D eigenvalue weighted by atomic mass is 16.5. The predicted octanol–water partition coefficient (Wildman–Crippen LogP) is 3.82. The summed E-state index contributed by atoms with van der Waals surface area (Å²) in [6.45, 7) is 5.43. The minimum atomic E-state index is 0.627. The standard InChI is InChI=1S/C20H22N4O/c1-3-19-23-12-16(13-24-19)11-21-14-17-8-6-10-22-20(17)25-18-9-5-4-7-15(18)2/h4-10,12-13,21H,3,11,14H2,1-2H3. The van der Waals surface area contributed by atoms with Crippen LogP contribution in [-0.4, -0.2) is 15.0 Å². The van der Waals surface area contributed by atoms with Crippen LogP contribution in [0.25, 0.3) is 0 Å². The number of hydrogen-bond acceptors (Lipinski definition) is 5. The van der Waals surface area contributed by atoms with Gasteiger partial charge in [-0.05, 0) is 24.6 Å². The summed E-state index contributed by atoms with van der Waals surface area (Å²) in [7, 11) is 0. The van der Waals surface area contributed by atoms with Crippen LogP contribution < -0.4 is 10.1 Å². The van der Waals surface area contributed by atoms with Gasteiger partial charge in [0.1, 0.15) is 11.6 Å². The zero-order valence-corrected chi connectivity index (χ0v) is 14.6. The Hall–Kier alpha value is -2.79. The molecule has 3 aromatic rings. The zero-order chi connectivity index (χ0) is 17.5. The van der Waals surface area contributed by atoms with Crippen LogP contribution >= 0.6 is 0 Å². The normalized spacial score (nSPS) is 10.6. The first-order chi connectivity index (χ1) is 12.3. The highest BCUT2D eigenvalue weighted by Gasteiger charge is 2.07. The van der Waals surface area contributed by atoms with Crippen LogP contribution in [0.1, 0.15) is 29.4 Å². The van der Waals surface area contributed by atoms with Crippen molar-refractivity contribution < 1.29 is 4.74 Å². The van der Waals surface area contributed by atoms with Crippen LogP contribution in [0.5, 0.6) is 11.6 Å². The minimum Gasteiger partial charge on any atom is -0.438 e. The molecule has 0 radical (unpaired) electrons. The third-order valence-electron chi connectivity index (χ3n) is 3.87. The Morgan fingerprint density at radius 1 is 0.960 bits per heavy atom. The van der Waals surface area contributed by atoms with E-state index in [1.807, 2.05) is 62.6 Å². The molecule has 0 unspecified atom stereocenters. The Morgan fingerprint density at radius 2 is 1.76 bits per heavy atom. The van der Waals surface area contributed by atoms with E-state index in [0.29, 0.717) is 19.0 Å². The predicted molar refractivity (Wildman–Crippen MR) is 97.4 cm³/mol. The quantitative estimate of drug-likeness (QED) is 0.712. The zero-order valence-electron chi connectivity index (χ0n) is 14.6. The van der Waals surface area contributed by atoms with E-state index in [1.54, 1.807) is 6.20 Å². The van der Waals surface area contributed by atoms with E-state index in [1.165, 1.54) is 0 Å². The van der Waals surface area contributed by atoms with Crippen molar-refractivity contribution >= 4 is 0 Å². The molecule has 0 aliphatic carbocycles. The highest BCUT2D eigenvalue weighted by molar-refractivity contribution is 5.37. The molecule has 5 nitrogen and oxygen atoms in total. The Labute approximate surface area is 148 Å². The molecule has 1 N–H and O–H groups in total. The van der Waals surface area contributed by atoms with E-state index in [2.05, 4.69) is 20.3 Å². The minimum absolute atomic E-state index is 0.627. The van der Waals surface area contributed by atoms with Gasteiger partial charge in [-0.25, -0.2) is 15.0 Å². The van der Waals surface area contributed by atoms with Crippen LogP contribution in [0.2, 0.25) is 0 Å². The van der Waals surface area contributed by atoms with Gasteiger partial charge in [-0.2, -0.15) is 0 Å². The average molecular weight is 334 g/mol. The maximum atomic E-state index is 6.00. The molecule has 0 fully saturated rings. The molecular weight excluding hydrogens is 312 g/mol. The van der Waals surface area contributed by atoms with Crippen molar-refractivity contribution in [3.63, 3.8) is 0 Å². The SMILES string of the molecule is CCc1ncc(CNCc2cccnc2Oc2ccccc2C)cn1. The number of ether oxygens (including phenoxy) is 1. The van der Waals surface area contributed by atoms with Crippen LogP contribution in [0.4, 0.5) is 0 Å². The van der Waals surface area contributed by atoms with Gasteiger partial charge in [0.25, 0.3) is 0 Å². The summed E-state index contributed by atoms with van der Waals surface area (Å²) >= 11 is 0. The van der Waals surface area contributed by atoms with E-state index in [4.69, 9.17) is 4.74 Å². The molecule has 25 heavy (non-hydrogen) atoms. The number of nitrogens with one attached hydrogen (secondary N) is 1. The van der Waals surface area contributed by atoms with Crippen LogP contribution in [-0.2, 0) is 19.5 Å². The van der Waals surface area contributed by atoms with E-state index in [0.717, 1.165) is 34.7 Å². The second-order valence-corrected chi connectivity index (χ2v) is 5.80. The van der Waals surface area contributed by atoms with E-state index < -0.39 is 0 Å². The molecule has 3 rings (SSSR count). The van der Waals surface area contributed by atoms with Crippen molar-refractivity contribution in [3.05, 3.63) is 77.5 Å². The van der Waals surface area contributed by atoms with E-state index in [9.17, 15) is 0 Å². The van der Waals surface area contributed by atoms with Crippen molar-refractivity contribution in [1.29, 1.82) is 0 Å². The lowest BCUT2D eigenvalue weighted by molar-refractivity contribution is 0.449. The summed E-state index contributed by atoms with van der Waals surface area (Å²) in [6, 6.07) is 11.9. The van der Waals surface area contributed by atoms with Crippen LogP contribution in [0.3, 0.4) is 0 Å². The van der Waals surface area contributed by atoms with Gasteiger partial charge in [-0.1, -0.05) is 31.2 Å². The van der Waals surface area contributed by atoms with Gasteiger partial charge in [0.15, 0.2) is 0 Å². The molecular formula is C20H22N4O. The van der Waals surface area contributed by atoms with Gasteiger partial charge in [-0.15, -0.1) is 0 Å². The lowest BCUT2D eigenvalue weighted by Gasteiger charge is -2.12. The van der Waals surface area contributed by atoms with Crippen molar-refractivity contribution in [2.75, 3.05) is 0 Å². The third-order valence-corrected chi connectivity index (χ3v) is 3.87. The smallest absolute Gasteiger partial charge is 0.223 e. The number of aromatic nitrogens is 3. The molecule has 128 valence electrons. The van der Waals surface area contributed by atoms with Gasteiger partial charge < -0.3 is 10.1 Å². The summed E-state index contributed by atoms with van der Waals surface area (Å²) in [5, 5.41) is 3.40. The Balaban J connectivity index is 1.63. The lowest BCUT2D eigenvalue weighted by Crippen LogP contribution is -2.14. The molecule has 0 aliphatic heterocycles. The Kier molecular flexibility index (Phi) is 5.69. The first-order valence-corrected chi connectivity index (χ1v) is 8.44. The number of pyridine rings is 1. The topological polar surface area (TPSA) is 59.9 Å². The second kappa shape index (κ2) is 8.35. The van der Waals surface area contributed by atoms with Crippen LogP contribution in [0.15, 0.2) is 55.0 Å². The summed E-state index contributed by atoms with van der Waals surface area (Å²) in [5.74, 6) is 2.32. The molecule has 0 saturated heterocycles. The molecule has 5 heteroatoms. The maximum Gasteiger partial charge on any atom is 0.223 e. The Morgan fingerprint density at radius 3 is 2.52 bits per heavy atom. The molecule has 2 aromatic heterocycles. The molecule has 0 aliphatic rings. The van der Waals surface area contributed by atoms with Crippen molar-refractivity contribution in [2.45, 2.75) is 33.4 Å². The van der Waals surface area contributed by atoms with E-state index >= 15 is 0 Å². The highest BCUT2D eigenvalue weighted by Crippen LogP contribution is 2.25. The average Bonchev–Trinajstić information content (AvgIpc) is 2.65. The summed E-state index contributed by atoms with van der Waals surface area (Å²) in [6.07, 6.45) is 6.33. The fourth-order valence-electron chi connectivity index (χ4n) is 2.42. The van der Waals surface area contributed by atoms with Gasteiger partial charge in [0.2, 0.25) is 5.88 Å². The summed E-state index contributed by atoms with van der Waals surface area (Å²) in [4.78, 5) is 13.0. The Bertz CT molecular complexity index is 818. The lowest BCUT2D eigenvalue weighted by atomic mass is 10.2. The van der Waals surface area contributed by atoms with E-state index in [-0.39, 0.29) is 0 Å². The molecule has 2 heterocycles.